The fourth-order valence-corrected chi connectivity index (χ4v) is 2.09. The lowest BCUT2D eigenvalue weighted by Gasteiger charge is -2.07. The van der Waals surface area contributed by atoms with E-state index in [-0.39, 0.29) is 0 Å². The Morgan fingerprint density at radius 2 is 2.05 bits per heavy atom. The van der Waals surface area contributed by atoms with E-state index in [0.717, 1.165) is 13.0 Å². The van der Waals surface area contributed by atoms with Crippen molar-refractivity contribution >= 4 is 29.0 Å². The van der Waals surface area contributed by atoms with E-state index >= 15 is 0 Å². The van der Waals surface area contributed by atoms with Crippen LogP contribution in [0.5, 0.6) is 0 Å². The number of benzene rings is 1. The number of aryl methyl sites for hydroxylation is 1. The summed E-state index contributed by atoms with van der Waals surface area (Å²) < 4.78 is 6.34. The highest BCUT2D eigenvalue weighted by atomic mass is 35.5. The molecule has 21 heavy (non-hydrogen) atoms. The van der Waals surface area contributed by atoms with Crippen LogP contribution in [-0.4, -0.2) is 42.1 Å². The molecule has 2 rings (SSSR count). The molecule has 116 valence electrons. The summed E-state index contributed by atoms with van der Waals surface area (Å²) in [6.45, 7) is 2.99. The molecule has 5 heteroatoms. The SMILES string of the molecule is CC(Cl)OC=O.CN(C)CCc1cn(C)c2ccccc12. The van der Waals surface area contributed by atoms with Gasteiger partial charge in [-0.15, -0.1) is 0 Å². The Morgan fingerprint density at radius 1 is 1.38 bits per heavy atom. The standard InChI is InChI=1S/C13H18N2.C3H5ClO2/c1-14(2)9-8-11-10-15(3)13-7-5-4-6-12(11)13;1-3(4)6-2-5/h4-7,10H,8-9H2,1-3H3;2-3H,1H3. The van der Waals surface area contributed by atoms with E-state index in [1.54, 1.807) is 6.92 Å². The Kier molecular flexibility index (Phi) is 7.26. The molecular formula is C16H23ClN2O2. The number of likely N-dealkylation sites (N-methyl/N-ethyl adjacent to an activating group) is 1. The maximum atomic E-state index is 9.31. The summed E-state index contributed by atoms with van der Waals surface area (Å²) in [7, 11) is 6.34. The average Bonchev–Trinajstić information content (AvgIpc) is 2.74. The van der Waals surface area contributed by atoms with E-state index in [0.29, 0.717) is 6.47 Å². The number of ether oxygens (including phenoxy) is 1. The van der Waals surface area contributed by atoms with Gasteiger partial charge in [0, 0.05) is 30.7 Å². The minimum Gasteiger partial charge on any atom is -0.448 e. The number of alkyl halides is 1. The first-order chi connectivity index (χ1) is 9.95. The zero-order valence-corrected chi connectivity index (χ0v) is 13.8. The highest BCUT2D eigenvalue weighted by molar-refractivity contribution is 6.19. The van der Waals surface area contributed by atoms with Crippen LogP contribution in [0.1, 0.15) is 12.5 Å². The molecule has 0 spiro atoms. The number of para-hydroxylation sites is 1. The van der Waals surface area contributed by atoms with Gasteiger partial charge in [-0.05, 0) is 39.1 Å². The number of nitrogens with zero attached hydrogens (tertiary/aromatic N) is 2. The van der Waals surface area contributed by atoms with Crippen molar-refractivity contribution < 1.29 is 9.53 Å². The summed E-state index contributed by atoms with van der Waals surface area (Å²) in [6.07, 6.45) is 3.36. The molecule has 0 fully saturated rings. The van der Waals surface area contributed by atoms with Gasteiger partial charge in [-0.25, -0.2) is 0 Å². The Morgan fingerprint density at radius 3 is 2.57 bits per heavy atom. The van der Waals surface area contributed by atoms with Gasteiger partial charge < -0.3 is 14.2 Å². The first kappa shape index (κ1) is 17.5. The predicted octanol–water partition coefficient (Wildman–Crippen LogP) is 3.03. The number of hydrogen-bond acceptors (Lipinski definition) is 3. The summed E-state index contributed by atoms with van der Waals surface area (Å²) in [6, 6.07) is 8.59. The summed E-state index contributed by atoms with van der Waals surface area (Å²) >= 11 is 5.12. The number of carbonyl (C=O) groups is 1. The van der Waals surface area contributed by atoms with Gasteiger partial charge in [0.05, 0.1) is 0 Å². The number of halogens is 1. The second-order valence-corrected chi connectivity index (χ2v) is 5.73. The molecule has 1 aromatic carbocycles. The van der Waals surface area contributed by atoms with Crippen molar-refractivity contribution in [3.8, 4) is 0 Å². The van der Waals surface area contributed by atoms with Crippen LogP contribution < -0.4 is 0 Å². The molecule has 0 saturated heterocycles. The molecule has 2 aromatic rings. The van der Waals surface area contributed by atoms with Gasteiger partial charge >= 0.3 is 0 Å². The summed E-state index contributed by atoms with van der Waals surface area (Å²) in [5, 5.41) is 1.39. The molecule has 1 atom stereocenters. The Balaban J connectivity index is 0.000000315. The Bertz CT molecular complexity index is 564. The fourth-order valence-electron chi connectivity index (χ4n) is 2.05. The number of aromatic nitrogens is 1. The average molecular weight is 311 g/mol. The molecule has 0 radical (unpaired) electrons. The predicted molar refractivity (Wildman–Crippen MR) is 87.6 cm³/mol. The van der Waals surface area contributed by atoms with Crippen LogP contribution in [-0.2, 0) is 23.0 Å². The largest absolute Gasteiger partial charge is 0.448 e. The number of rotatable bonds is 5. The van der Waals surface area contributed by atoms with Crippen LogP contribution in [0.4, 0.5) is 0 Å². The van der Waals surface area contributed by atoms with Gasteiger partial charge in [-0.3, -0.25) is 4.79 Å². The third-order valence-corrected chi connectivity index (χ3v) is 3.15. The van der Waals surface area contributed by atoms with E-state index < -0.39 is 5.56 Å². The number of hydrogen-bond donors (Lipinski definition) is 0. The molecule has 0 amide bonds. The quantitative estimate of drug-likeness (QED) is 0.629. The maximum Gasteiger partial charge on any atom is 0.294 e. The molecule has 1 unspecified atom stereocenters. The van der Waals surface area contributed by atoms with Crippen molar-refractivity contribution in [2.24, 2.45) is 7.05 Å². The van der Waals surface area contributed by atoms with Crippen molar-refractivity contribution in [1.82, 2.24) is 9.47 Å². The van der Waals surface area contributed by atoms with Crippen LogP contribution >= 0.6 is 11.6 Å². The Hall–Kier alpha value is -1.52. The van der Waals surface area contributed by atoms with Gasteiger partial charge in [0.25, 0.3) is 6.47 Å². The zero-order chi connectivity index (χ0) is 15.8. The van der Waals surface area contributed by atoms with Crippen LogP contribution in [0.25, 0.3) is 10.9 Å². The highest BCUT2D eigenvalue weighted by Crippen LogP contribution is 2.20. The van der Waals surface area contributed by atoms with Crippen molar-refractivity contribution in [3.63, 3.8) is 0 Å². The topological polar surface area (TPSA) is 34.5 Å². The van der Waals surface area contributed by atoms with Gasteiger partial charge in [-0.2, -0.15) is 0 Å². The normalized spacial score (nSPS) is 11.9. The second kappa shape index (κ2) is 8.70. The zero-order valence-electron chi connectivity index (χ0n) is 13.0. The van der Waals surface area contributed by atoms with Gasteiger partial charge in [-0.1, -0.05) is 29.8 Å². The summed E-state index contributed by atoms with van der Waals surface area (Å²) in [5.74, 6) is 0. The Labute approximate surface area is 131 Å². The van der Waals surface area contributed by atoms with Crippen molar-refractivity contribution in [2.45, 2.75) is 18.9 Å². The van der Waals surface area contributed by atoms with Crippen molar-refractivity contribution in [1.29, 1.82) is 0 Å². The third-order valence-electron chi connectivity index (χ3n) is 3.05. The van der Waals surface area contributed by atoms with E-state index in [9.17, 15) is 4.79 Å². The van der Waals surface area contributed by atoms with E-state index in [1.165, 1.54) is 16.5 Å². The second-order valence-electron chi connectivity index (χ2n) is 5.11. The molecule has 1 aromatic heterocycles. The minimum atomic E-state index is -0.498. The van der Waals surface area contributed by atoms with Crippen molar-refractivity contribution in [3.05, 3.63) is 36.0 Å². The highest BCUT2D eigenvalue weighted by Gasteiger charge is 2.05. The monoisotopic (exact) mass is 310 g/mol. The molecule has 0 aliphatic rings. The van der Waals surface area contributed by atoms with E-state index in [2.05, 4.69) is 65.8 Å². The fraction of sp³-hybridized carbons (Fsp3) is 0.438. The first-order valence-corrected chi connectivity index (χ1v) is 7.30. The smallest absolute Gasteiger partial charge is 0.294 e. The van der Waals surface area contributed by atoms with Gasteiger partial charge in [0.2, 0.25) is 0 Å². The molecule has 0 saturated carbocycles. The molecular weight excluding hydrogens is 288 g/mol. The van der Waals surface area contributed by atoms with Gasteiger partial charge in [0.1, 0.15) is 0 Å². The van der Waals surface area contributed by atoms with E-state index in [4.69, 9.17) is 11.6 Å². The summed E-state index contributed by atoms with van der Waals surface area (Å²) in [4.78, 5) is 11.5. The van der Waals surface area contributed by atoms with Crippen LogP contribution in [0.3, 0.4) is 0 Å². The summed E-state index contributed by atoms with van der Waals surface area (Å²) in [5.41, 5.74) is 2.27. The first-order valence-electron chi connectivity index (χ1n) is 6.86. The van der Waals surface area contributed by atoms with Crippen LogP contribution in [0.2, 0.25) is 0 Å². The maximum absolute atomic E-state index is 9.31. The lowest BCUT2D eigenvalue weighted by atomic mass is 10.1. The van der Waals surface area contributed by atoms with Crippen LogP contribution in [0, 0.1) is 0 Å². The molecule has 0 bridgehead atoms. The third kappa shape index (κ3) is 5.78. The lowest BCUT2D eigenvalue weighted by Crippen LogP contribution is -2.14. The van der Waals surface area contributed by atoms with Crippen LogP contribution in [0.15, 0.2) is 30.5 Å². The van der Waals surface area contributed by atoms with Gasteiger partial charge in [0.15, 0.2) is 5.56 Å². The molecule has 0 aliphatic heterocycles. The molecule has 0 N–H and O–H groups in total. The number of fused-ring (bicyclic) bond motifs is 1. The molecule has 1 heterocycles. The molecule has 4 nitrogen and oxygen atoms in total. The molecule has 0 aliphatic carbocycles. The van der Waals surface area contributed by atoms with E-state index in [1.807, 2.05) is 0 Å². The van der Waals surface area contributed by atoms with Crippen molar-refractivity contribution in [2.75, 3.05) is 20.6 Å². The number of carbonyl (C=O) groups excluding carboxylic acids is 1. The lowest BCUT2D eigenvalue weighted by molar-refractivity contribution is -0.129. The minimum absolute atomic E-state index is 0.317.